The maximum Gasteiger partial charge on any atom is 0.340 e. The number of carbonyl (C=O) groups is 1. The number of nitrogens with zero attached hydrogens (tertiary/aromatic N) is 2. The molecule has 5 heteroatoms. The Kier molecular flexibility index (Phi) is 5.50. The van der Waals surface area contributed by atoms with Crippen molar-refractivity contribution >= 4 is 11.7 Å². The van der Waals surface area contributed by atoms with Crippen LogP contribution >= 0.6 is 0 Å². The molecule has 1 atom stereocenters. The molecule has 42 heavy (non-hydrogen) atoms. The minimum atomic E-state index is -1.12. The summed E-state index contributed by atoms with van der Waals surface area (Å²) in [6, 6.07) is 35.6. The number of para-hydroxylation sites is 1. The number of morpholine rings is 1. The first-order chi connectivity index (χ1) is 20.5. The molecule has 1 unspecified atom stereocenters. The van der Waals surface area contributed by atoms with Gasteiger partial charge >= 0.3 is 5.97 Å². The topological polar surface area (TPSA) is 43.7 Å². The van der Waals surface area contributed by atoms with Crippen LogP contribution in [0.5, 0.6) is 0 Å². The highest BCUT2D eigenvalue weighted by atomic mass is 16.6. The summed E-state index contributed by atoms with van der Waals surface area (Å²) in [5, 5.41) is 0. The van der Waals surface area contributed by atoms with Crippen molar-refractivity contribution in [1.29, 1.82) is 0 Å². The van der Waals surface area contributed by atoms with Crippen molar-refractivity contribution in [1.82, 2.24) is 4.57 Å². The molecule has 0 radical (unpaired) electrons. The Hall–Kier alpha value is -4.61. The third kappa shape index (κ3) is 3.43. The molecule has 1 fully saturated rings. The lowest BCUT2D eigenvalue weighted by Crippen LogP contribution is -2.36. The Labute approximate surface area is 245 Å². The number of rotatable bonds is 4. The maximum absolute atomic E-state index is 13.7. The summed E-state index contributed by atoms with van der Waals surface area (Å²) < 4.78 is 14.6. The smallest absolute Gasteiger partial charge is 0.340 e. The van der Waals surface area contributed by atoms with Crippen molar-refractivity contribution in [2.75, 3.05) is 31.2 Å². The van der Waals surface area contributed by atoms with Gasteiger partial charge in [0, 0.05) is 64.0 Å². The lowest BCUT2D eigenvalue weighted by atomic mass is 9.72. The van der Waals surface area contributed by atoms with E-state index < -0.39 is 5.60 Å². The van der Waals surface area contributed by atoms with Crippen molar-refractivity contribution in [3.8, 4) is 16.8 Å². The van der Waals surface area contributed by atoms with Crippen molar-refractivity contribution < 1.29 is 14.3 Å². The van der Waals surface area contributed by atoms with Crippen LogP contribution in [0.2, 0.25) is 0 Å². The molecule has 0 bridgehead atoms. The number of esters is 1. The summed E-state index contributed by atoms with van der Waals surface area (Å²) in [5.74, 6) is -0.296. The van der Waals surface area contributed by atoms with Gasteiger partial charge in [0.05, 0.1) is 18.8 Å². The van der Waals surface area contributed by atoms with Crippen LogP contribution in [0.25, 0.3) is 16.8 Å². The summed E-state index contributed by atoms with van der Waals surface area (Å²) in [7, 11) is 0. The van der Waals surface area contributed by atoms with Gasteiger partial charge in [0.15, 0.2) is 5.60 Å². The lowest BCUT2D eigenvalue weighted by molar-refractivity contribution is 0.0249. The molecule has 0 N–H and O–H groups in total. The number of aromatic nitrogens is 1. The van der Waals surface area contributed by atoms with Gasteiger partial charge in [-0.05, 0) is 35.4 Å². The average molecular weight is 553 g/mol. The van der Waals surface area contributed by atoms with E-state index in [2.05, 4.69) is 108 Å². The molecule has 0 aliphatic carbocycles. The van der Waals surface area contributed by atoms with E-state index in [4.69, 9.17) is 9.47 Å². The highest BCUT2D eigenvalue weighted by Gasteiger charge is 2.54. The van der Waals surface area contributed by atoms with Crippen LogP contribution in [0.3, 0.4) is 0 Å². The van der Waals surface area contributed by atoms with Crippen LogP contribution in [0, 0.1) is 0 Å². The number of hydrogen-bond acceptors (Lipinski definition) is 4. The van der Waals surface area contributed by atoms with Gasteiger partial charge in [0.25, 0.3) is 0 Å². The molecule has 1 aromatic heterocycles. The van der Waals surface area contributed by atoms with Crippen molar-refractivity contribution in [2.24, 2.45) is 0 Å². The number of fused-ring (bicyclic) bond motifs is 4. The van der Waals surface area contributed by atoms with Gasteiger partial charge in [-0.2, -0.15) is 0 Å². The lowest BCUT2D eigenvalue weighted by Gasteiger charge is -2.35. The van der Waals surface area contributed by atoms with Crippen molar-refractivity contribution in [2.45, 2.75) is 24.9 Å². The van der Waals surface area contributed by atoms with Gasteiger partial charge in [0.2, 0.25) is 0 Å². The second kappa shape index (κ2) is 9.20. The average Bonchev–Trinajstić information content (AvgIpc) is 3.66. The molecule has 3 aliphatic rings. The van der Waals surface area contributed by atoms with Crippen LogP contribution in [-0.4, -0.2) is 36.8 Å². The molecule has 4 aromatic carbocycles. The monoisotopic (exact) mass is 552 g/mol. The predicted octanol–water partition coefficient (Wildman–Crippen LogP) is 7.08. The van der Waals surface area contributed by atoms with Crippen LogP contribution in [-0.2, 0) is 20.5 Å². The molecule has 1 saturated heterocycles. The van der Waals surface area contributed by atoms with E-state index in [1.807, 2.05) is 24.3 Å². The third-order valence-corrected chi connectivity index (χ3v) is 9.29. The van der Waals surface area contributed by atoms with Gasteiger partial charge in [0.1, 0.15) is 0 Å². The zero-order valence-electron chi connectivity index (χ0n) is 23.8. The molecule has 0 saturated carbocycles. The molecule has 0 amide bonds. The first-order valence-corrected chi connectivity index (χ1v) is 14.7. The SMILES string of the molecule is CC1(C)c2ccccc2-n2cc(-c3ccccc3)c(C3(c4ccc(N5CCOCC5)cc4)OC(=O)c4ccccc43)c21. The Morgan fingerprint density at radius 2 is 1.38 bits per heavy atom. The molecule has 5 nitrogen and oxygen atoms in total. The summed E-state index contributed by atoms with van der Waals surface area (Å²) in [6.45, 7) is 7.73. The fourth-order valence-corrected chi connectivity index (χ4v) is 7.33. The Morgan fingerprint density at radius 3 is 2.14 bits per heavy atom. The summed E-state index contributed by atoms with van der Waals surface area (Å²) >= 11 is 0. The van der Waals surface area contributed by atoms with Crippen molar-refractivity contribution in [3.63, 3.8) is 0 Å². The summed E-state index contributed by atoms with van der Waals surface area (Å²) in [5.41, 5.74) is 8.87. The van der Waals surface area contributed by atoms with E-state index in [0.717, 1.165) is 71.2 Å². The van der Waals surface area contributed by atoms with Crippen LogP contribution < -0.4 is 4.90 Å². The second-order valence-electron chi connectivity index (χ2n) is 11.9. The highest BCUT2D eigenvalue weighted by Crippen LogP contribution is 2.57. The van der Waals surface area contributed by atoms with Gasteiger partial charge in [-0.1, -0.05) is 92.7 Å². The maximum atomic E-state index is 13.7. The predicted molar refractivity (Wildman–Crippen MR) is 165 cm³/mol. The highest BCUT2D eigenvalue weighted by molar-refractivity contribution is 5.97. The molecule has 208 valence electrons. The molecule has 0 spiro atoms. The Bertz CT molecular complexity index is 1830. The number of cyclic esters (lactones) is 1. The van der Waals surface area contributed by atoms with Gasteiger partial charge < -0.3 is 18.9 Å². The number of carbonyl (C=O) groups excluding carboxylic acids is 1. The Morgan fingerprint density at radius 1 is 0.714 bits per heavy atom. The van der Waals surface area contributed by atoms with E-state index in [9.17, 15) is 4.79 Å². The van der Waals surface area contributed by atoms with Crippen LogP contribution in [0.15, 0.2) is 109 Å². The summed E-state index contributed by atoms with van der Waals surface area (Å²) in [6.07, 6.45) is 2.24. The number of benzene rings is 4. The summed E-state index contributed by atoms with van der Waals surface area (Å²) in [4.78, 5) is 16.1. The Balaban J connectivity index is 1.44. The zero-order valence-corrected chi connectivity index (χ0v) is 23.8. The molecule has 5 aromatic rings. The van der Waals surface area contributed by atoms with E-state index in [0.29, 0.717) is 5.56 Å². The molecule has 8 rings (SSSR count). The van der Waals surface area contributed by atoms with E-state index in [1.54, 1.807) is 0 Å². The van der Waals surface area contributed by atoms with Crippen LogP contribution in [0.1, 0.15) is 52.2 Å². The van der Waals surface area contributed by atoms with E-state index in [-0.39, 0.29) is 11.4 Å². The van der Waals surface area contributed by atoms with Crippen LogP contribution in [0.4, 0.5) is 5.69 Å². The quantitative estimate of drug-likeness (QED) is 0.224. The van der Waals surface area contributed by atoms with Crippen molar-refractivity contribution in [3.05, 3.63) is 143 Å². The number of anilines is 1. The third-order valence-electron chi connectivity index (χ3n) is 9.29. The molecule has 4 heterocycles. The fraction of sp³-hybridized carbons (Fsp3) is 0.216. The molecular weight excluding hydrogens is 520 g/mol. The fourth-order valence-electron chi connectivity index (χ4n) is 7.33. The zero-order chi connectivity index (χ0) is 28.5. The largest absolute Gasteiger partial charge is 0.440 e. The molecule has 3 aliphatic heterocycles. The molecular formula is C37H32N2O3. The van der Waals surface area contributed by atoms with Gasteiger partial charge in [-0.3, -0.25) is 0 Å². The second-order valence-corrected chi connectivity index (χ2v) is 11.9. The first kappa shape index (κ1) is 25.1. The van der Waals surface area contributed by atoms with Gasteiger partial charge in [-0.25, -0.2) is 4.79 Å². The minimum Gasteiger partial charge on any atom is -0.440 e. The van der Waals surface area contributed by atoms with E-state index >= 15 is 0 Å². The minimum absolute atomic E-state index is 0.296. The van der Waals surface area contributed by atoms with Gasteiger partial charge in [-0.15, -0.1) is 0 Å². The normalized spacial score (nSPS) is 20.1. The standard InChI is InChI=1S/C37H32N2O3/c1-36(2)31-14-8-9-15-32(31)39-24-29(25-10-4-3-5-11-25)33(34(36)39)37(30-13-7-6-12-28(30)35(40)42-37)26-16-18-27(19-17-26)38-20-22-41-23-21-38/h3-19,24H,20-23H2,1-2H3. The first-order valence-electron chi connectivity index (χ1n) is 14.7. The van der Waals surface area contributed by atoms with E-state index in [1.165, 1.54) is 5.56 Å². The number of hydrogen-bond donors (Lipinski definition) is 0. The number of ether oxygens (including phenoxy) is 2.